The summed E-state index contributed by atoms with van der Waals surface area (Å²) in [6.45, 7) is 3.01. The van der Waals surface area contributed by atoms with Crippen molar-refractivity contribution in [3.8, 4) is 0 Å². The maximum absolute atomic E-state index is 11.9. The number of rotatable bonds is 35. The number of hydrogen-bond donors (Lipinski definition) is 3. The zero-order chi connectivity index (χ0) is 33.3. The molecule has 0 saturated heterocycles. The van der Waals surface area contributed by atoms with Gasteiger partial charge in [-0.1, -0.05) is 162 Å². The zero-order valence-electron chi connectivity index (χ0n) is 29.1. The summed E-state index contributed by atoms with van der Waals surface area (Å²) < 4.78 is 26.2. The molecule has 0 rings (SSSR count). The molecule has 0 aromatic heterocycles. The molecule has 2 atom stereocenters. The van der Waals surface area contributed by atoms with Gasteiger partial charge in [0.25, 0.3) is 0 Å². The van der Waals surface area contributed by atoms with Gasteiger partial charge in [0.2, 0.25) is 5.91 Å². The lowest BCUT2D eigenvalue weighted by atomic mass is 10.0. The number of phosphoric acid groups is 1. The van der Waals surface area contributed by atoms with Crippen molar-refractivity contribution in [3.05, 3.63) is 0 Å². The Labute approximate surface area is 275 Å². The molecule has 0 aromatic rings. The van der Waals surface area contributed by atoms with E-state index in [0.717, 1.165) is 19.3 Å². The summed E-state index contributed by atoms with van der Waals surface area (Å²) >= 11 is 0. The number of carbonyl (C=O) groups excluding carboxylic acids is 2. The van der Waals surface area contributed by atoms with Crippen molar-refractivity contribution in [3.63, 3.8) is 0 Å². The van der Waals surface area contributed by atoms with E-state index in [0.29, 0.717) is 6.42 Å². The van der Waals surface area contributed by atoms with E-state index < -0.39 is 26.5 Å². The van der Waals surface area contributed by atoms with Crippen molar-refractivity contribution in [2.75, 3.05) is 26.4 Å². The maximum Gasteiger partial charge on any atom is 0.472 e. The molecule has 0 fully saturated rings. The number of aliphatic hydroxyl groups is 1. The number of nitrogens with one attached hydrogen (secondary N) is 1. The van der Waals surface area contributed by atoms with Gasteiger partial charge in [0.05, 0.1) is 13.2 Å². The van der Waals surface area contributed by atoms with Gasteiger partial charge in [-0.3, -0.25) is 18.6 Å². The molecule has 10 heteroatoms. The Morgan fingerprint density at radius 2 is 1.02 bits per heavy atom. The SMILES string of the molecule is CCCCCCCCCCCCCCCCCCCCCCCCCCC(=O)OCC(O)COP(=O)(O)OCCNC(=O)CC. The first kappa shape index (κ1) is 44.0. The summed E-state index contributed by atoms with van der Waals surface area (Å²) in [5.74, 6) is -0.599. The van der Waals surface area contributed by atoms with Gasteiger partial charge in [-0.25, -0.2) is 4.57 Å². The van der Waals surface area contributed by atoms with Gasteiger partial charge < -0.3 is 20.1 Å². The third-order valence-corrected chi connectivity index (χ3v) is 9.09. The van der Waals surface area contributed by atoms with Gasteiger partial charge in [-0.05, 0) is 6.42 Å². The molecule has 0 radical (unpaired) electrons. The molecule has 2 unspecified atom stereocenters. The van der Waals surface area contributed by atoms with Crippen molar-refractivity contribution in [2.45, 2.75) is 187 Å². The molecule has 0 bridgehead atoms. The summed E-state index contributed by atoms with van der Waals surface area (Å²) in [4.78, 5) is 32.6. The van der Waals surface area contributed by atoms with Gasteiger partial charge in [-0.15, -0.1) is 0 Å². The van der Waals surface area contributed by atoms with Crippen molar-refractivity contribution < 1.29 is 37.9 Å². The predicted octanol–water partition coefficient (Wildman–Crippen LogP) is 9.32. The predicted molar refractivity (Wildman–Crippen MR) is 183 cm³/mol. The highest BCUT2D eigenvalue weighted by Crippen LogP contribution is 2.42. The minimum absolute atomic E-state index is 0.0698. The second-order valence-electron chi connectivity index (χ2n) is 12.5. The Balaban J connectivity index is 3.38. The summed E-state index contributed by atoms with van der Waals surface area (Å²) in [6, 6.07) is 0. The van der Waals surface area contributed by atoms with E-state index >= 15 is 0 Å². The molecule has 0 aromatic carbocycles. The van der Waals surface area contributed by atoms with Crippen LogP contribution in [0.3, 0.4) is 0 Å². The fraction of sp³-hybridized carbons (Fsp3) is 0.943. The first-order valence-electron chi connectivity index (χ1n) is 18.5. The van der Waals surface area contributed by atoms with Gasteiger partial charge >= 0.3 is 13.8 Å². The lowest BCUT2D eigenvalue weighted by Gasteiger charge is -2.15. The van der Waals surface area contributed by atoms with Crippen LogP contribution in [-0.4, -0.2) is 54.3 Å². The van der Waals surface area contributed by atoms with Crippen LogP contribution in [0.25, 0.3) is 0 Å². The number of aliphatic hydroxyl groups excluding tert-OH is 1. The minimum Gasteiger partial charge on any atom is -0.463 e. The lowest BCUT2D eigenvalue weighted by Crippen LogP contribution is -2.26. The van der Waals surface area contributed by atoms with Crippen molar-refractivity contribution in [2.24, 2.45) is 0 Å². The molecule has 0 aliphatic rings. The van der Waals surface area contributed by atoms with E-state index in [4.69, 9.17) is 13.8 Å². The van der Waals surface area contributed by atoms with Crippen molar-refractivity contribution in [1.82, 2.24) is 5.32 Å². The average molecular weight is 664 g/mol. The van der Waals surface area contributed by atoms with Gasteiger partial charge in [-0.2, -0.15) is 0 Å². The molecule has 3 N–H and O–H groups in total. The molecule has 0 heterocycles. The number of ether oxygens (including phenoxy) is 1. The molecule has 0 saturated carbocycles. The van der Waals surface area contributed by atoms with Gasteiger partial charge in [0.1, 0.15) is 12.7 Å². The fourth-order valence-corrected chi connectivity index (χ4v) is 5.99. The highest BCUT2D eigenvalue weighted by Gasteiger charge is 2.23. The number of carbonyl (C=O) groups is 2. The maximum atomic E-state index is 11.9. The minimum atomic E-state index is -4.37. The van der Waals surface area contributed by atoms with Gasteiger partial charge in [0.15, 0.2) is 0 Å². The van der Waals surface area contributed by atoms with E-state index in [1.807, 2.05) is 0 Å². The number of amides is 1. The number of unbranched alkanes of at least 4 members (excludes halogenated alkanes) is 23. The summed E-state index contributed by atoms with van der Waals surface area (Å²) in [7, 11) is -4.37. The first-order valence-corrected chi connectivity index (χ1v) is 20.0. The van der Waals surface area contributed by atoms with Crippen molar-refractivity contribution in [1.29, 1.82) is 0 Å². The van der Waals surface area contributed by atoms with E-state index in [2.05, 4.69) is 12.2 Å². The summed E-state index contributed by atoms with van der Waals surface area (Å²) in [5, 5.41) is 12.4. The molecule has 0 spiro atoms. The molecule has 1 amide bonds. The second-order valence-corrected chi connectivity index (χ2v) is 14.0. The van der Waals surface area contributed by atoms with Crippen LogP contribution in [0, 0.1) is 0 Å². The van der Waals surface area contributed by atoms with Crippen LogP contribution < -0.4 is 5.32 Å². The van der Waals surface area contributed by atoms with Crippen molar-refractivity contribution >= 4 is 19.7 Å². The smallest absolute Gasteiger partial charge is 0.463 e. The second kappa shape index (κ2) is 32.9. The Kier molecular flexibility index (Phi) is 32.2. The van der Waals surface area contributed by atoms with Gasteiger partial charge in [0, 0.05) is 19.4 Å². The number of phosphoric ester groups is 1. The number of hydrogen-bond acceptors (Lipinski definition) is 7. The van der Waals surface area contributed by atoms with Crippen LogP contribution in [0.2, 0.25) is 0 Å². The van der Waals surface area contributed by atoms with Crippen LogP contribution in [0.5, 0.6) is 0 Å². The van der Waals surface area contributed by atoms with Crippen LogP contribution in [0.1, 0.15) is 181 Å². The third-order valence-electron chi connectivity index (χ3n) is 8.10. The van der Waals surface area contributed by atoms with E-state index in [1.54, 1.807) is 6.92 Å². The fourth-order valence-electron chi connectivity index (χ4n) is 5.24. The molecule has 9 nitrogen and oxygen atoms in total. The summed E-state index contributed by atoms with van der Waals surface area (Å²) in [5.41, 5.74) is 0. The molecule has 45 heavy (non-hydrogen) atoms. The van der Waals surface area contributed by atoms with Crippen LogP contribution in [-0.2, 0) is 27.9 Å². The normalized spacial score (nSPS) is 13.4. The quantitative estimate of drug-likeness (QED) is 0.0347. The van der Waals surface area contributed by atoms with Crippen LogP contribution in [0.4, 0.5) is 0 Å². The molecule has 0 aliphatic heterocycles. The molecular weight excluding hydrogens is 593 g/mol. The topological polar surface area (TPSA) is 131 Å². The Morgan fingerprint density at radius 3 is 1.42 bits per heavy atom. The van der Waals surface area contributed by atoms with Crippen LogP contribution >= 0.6 is 7.82 Å². The Hall–Kier alpha value is -0.990. The zero-order valence-corrected chi connectivity index (χ0v) is 30.0. The standard InChI is InChI=1S/C35H70NO8P/c1-3-5-6-7-8-9-10-11-12-13-14-15-16-17-18-19-20-21-22-23-24-25-26-27-28-35(39)42-31-33(37)32-44-45(40,41)43-30-29-36-34(38)4-2/h33,37H,3-32H2,1-2H3,(H,36,38)(H,40,41). The Bertz CT molecular complexity index is 724. The molecular formula is C35H70NO8P. The highest BCUT2D eigenvalue weighted by atomic mass is 31.2. The Morgan fingerprint density at radius 1 is 0.622 bits per heavy atom. The monoisotopic (exact) mass is 663 g/mol. The van der Waals surface area contributed by atoms with E-state index in [9.17, 15) is 24.2 Å². The highest BCUT2D eigenvalue weighted by molar-refractivity contribution is 7.47. The van der Waals surface area contributed by atoms with E-state index in [1.165, 1.54) is 135 Å². The largest absolute Gasteiger partial charge is 0.472 e. The summed E-state index contributed by atoms with van der Waals surface area (Å²) in [6.07, 6.45) is 31.3. The first-order chi connectivity index (χ1) is 21.8. The molecule has 268 valence electrons. The average Bonchev–Trinajstić information content (AvgIpc) is 3.03. The third kappa shape index (κ3) is 34.2. The lowest BCUT2D eigenvalue weighted by molar-refractivity contribution is -0.147. The van der Waals surface area contributed by atoms with E-state index in [-0.39, 0.29) is 32.1 Å². The van der Waals surface area contributed by atoms with Crippen LogP contribution in [0.15, 0.2) is 0 Å². The number of esters is 1. The molecule has 0 aliphatic carbocycles.